The molecule has 14 heavy (non-hydrogen) atoms. The Bertz CT molecular complexity index is 188. The molecule has 1 aliphatic carbocycles. The zero-order valence-electron chi connectivity index (χ0n) is 10.6. The molecule has 1 aliphatic rings. The Morgan fingerprint density at radius 3 is 2.36 bits per heavy atom. The Morgan fingerprint density at radius 1 is 1.29 bits per heavy atom. The van der Waals surface area contributed by atoms with Gasteiger partial charge in [-0.25, -0.2) is 0 Å². The van der Waals surface area contributed by atoms with Crippen LogP contribution >= 0.6 is 0 Å². The summed E-state index contributed by atoms with van der Waals surface area (Å²) in [7, 11) is 0. The van der Waals surface area contributed by atoms with Crippen molar-refractivity contribution in [3.05, 3.63) is 0 Å². The van der Waals surface area contributed by atoms with Crippen molar-refractivity contribution in [1.82, 2.24) is 0 Å². The molecular formula is C13H27N. The molecule has 0 aromatic carbocycles. The number of nitrogens with two attached hydrogens (primary N) is 1. The van der Waals surface area contributed by atoms with Crippen LogP contribution < -0.4 is 5.73 Å². The standard InChI is InChI=1S/C13H27N/c1-12(2,3)9-10-8-11(14)6-7-13(10,4)5/h10-11H,6-9,14H2,1-5H3. The molecule has 1 fully saturated rings. The van der Waals surface area contributed by atoms with Gasteiger partial charge in [0, 0.05) is 6.04 Å². The molecule has 0 heterocycles. The van der Waals surface area contributed by atoms with Crippen molar-refractivity contribution >= 4 is 0 Å². The Labute approximate surface area is 89.5 Å². The molecule has 84 valence electrons. The van der Waals surface area contributed by atoms with E-state index in [1.165, 1.54) is 25.7 Å². The second-order valence-corrected chi connectivity index (χ2v) is 6.98. The van der Waals surface area contributed by atoms with Gasteiger partial charge in [0.1, 0.15) is 0 Å². The molecule has 2 atom stereocenters. The maximum Gasteiger partial charge on any atom is 0.00418 e. The second-order valence-electron chi connectivity index (χ2n) is 6.98. The molecule has 1 rings (SSSR count). The van der Waals surface area contributed by atoms with Crippen molar-refractivity contribution in [1.29, 1.82) is 0 Å². The highest BCUT2D eigenvalue weighted by atomic mass is 14.7. The highest BCUT2D eigenvalue weighted by Crippen LogP contribution is 2.45. The van der Waals surface area contributed by atoms with Gasteiger partial charge in [0.25, 0.3) is 0 Å². The summed E-state index contributed by atoms with van der Waals surface area (Å²) in [5, 5.41) is 0. The van der Waals surface area contributed by atoms with Crippen LogP contribution in [0.4, 0.5) is 0 Å². The first-order valence-electron chi connectivity index (χ1n) is 5.96. The van der Waals surface area contributed by atoms with Gasteiger partial charge >= 0.3 is 0 Å². The van der Waals surface area contributed by atoms with E-state index in [0.29, 0.717) is 16.9 Å². The summed E-state index contributed by atoms with van der Waals surface area (Å²) in [6, 6.07) is 0.454. The second kappa shape index (κ2) is 3.84. The molecule has 2 unspecified atom stereocenters. The van der Waals surface area contributed by atoms with Crippen molar-refractivity contribution in [2.24, 2.45) is 22.5 Å². The minimum Gasteiger partial charge on any atom is -0.328 e. The first-order chi connectivity index (χ1) is 6.21. The fraction of sp³-hybridized carbons (Fsp3) is 1.00. The van der Waals surface area contributed by atoms with Gasteiger partial charge in [-0.15, -0.1) is 0 Å². The van der Waals surface area contributed by atoms with Crippen LogP contribution in [0.1, 0.15) is 60.3 Å². The number of hydrogen-bond donors (Lipinski definition) is 1. The van der Waals surface area contributed by atoms with Gasteiger partial charge < -0.3 is 5.73 Å². The average molecular weight is 197 g/mol. The van der Waals surface area contributed by atoms with Crippen LogP contribution in [-0.2, 0) is 0 Å². The summed E-state index contributed by atoms with van der Waals surface area (Å²) < 4.78 is 0. The monoisotopic (exact) mass is 197 g/mol. The molecule has 0 spiro atoms. The van der Waals surface area contributed by atoms with Crippen LogP contribution in [0.5, 0.6) is 0 Å². The van der Waals surface area contributed by atoms with Gasteiger partial charge in [0.15, 0.2) is 0 Å². The lowest BCUT2D eigenvalue weighted by Gasteiger charge is -2.44. The number of hydrogen-bond acceptors (Lipinski definition) is 1. The van der Waals surface area contributed by atoms with Gasteiger partial charge in [-0.3, -0.25) is 0 Å². The highest BCUT2D eigenvalue weighted by molar-refractivity contribution is 4.89. The van der Waals surface area contributed by atoms with E-state index < -0.39 is 0 Å². The fourth-order valence-corrected chi connectivity index (χ4v) is 2.66. The topological polar surface area (TPSA) is 26.0 Å². The quantitative estimate of drug-likeness (QED) is 0.683. The SMILES string of the molecule is CC(C)(C)CC1CC(N)CCC1(C)C. The van der Waals surface area contributed by atoms with Crippen LogP contribution in [0.2, 0.25) is 0 Å². The lowest BCUT2D eigenvalue weighted by Crippen LogP contribution is -2.39. The lowest BCUT2D eigenvalue weighted by molar-refractivity contribution is 0.0840. The smallest absolute Gasteiger partial charge is 0.00418 e. The molecule has 0 amide bonds. The van der Waals surface area contributed by atoms with Gasteiger partial charge in [-0.05, 0) is 42.4 Å². The van der Waals surface area contributed by atoms with E-state index in [1.54, 1.807) is 0 Å². The molecule has 0 radical (unpaired) electrons. The lowest BCUT2D eigenvalue weighted by atomic mass is 9.63. The molecule has 1 nitrogen and oxygen atoms in total. The molecule has 0 aromatic rings. The van der Waals surface area contributed by atoms with Crippen molar-refractivity contribution in [3.63, 3.8) is 0 Å². The summed E-state index contributed by atoms with van der Waals surface area (Å²) >= 11 is 0. The van der Waals surface area contributed by atoms with E-state index in [2.05, 4.69) is 34.6 Å². The third-order valence-electron chi connectivity index (χ3n) is 3.71. The van der Waals surface area contributed by atoms with E-state index in [9.17, 15) is 0 Å². The zero-order chi connectivity index (χ0) is 11.0. The first-order valence-corrected chi connectivity index (χ1v) is 5.96. The highest BCUT2D eigenvalue weighted by Gasteiger charge is 2.36. The molecule has 0 aliphatic heterocycles. The minimum atomic E-state index is 0.443. The molecule has 2 N–H and O–H groups in total. The predicted molar refractivity (Wildman–Crippen MR) is 63.2 cm³/mol. The van der Waals surface area contributed by atoms with Crippen molar-refractivity contribution in [3.8, 4) is 0 Å². The average Bonchev–Trinajstić information content (AvgIpc) is 1.95. The fourth-order valence-electron chi connectivity index (χ4n) is 2.66. The van der Waals surface area contributed by atoms with E-state index >= 15 is 0 Å². The van der Waals surface area contributed by atoms with Crippen molar-refractivity contribution in [2.45, 2.75) is 66.3 Å². The van der Waals surface area contributed by atoms with Gasteiger partial charge in [0.05, 0.1) is 0 Å². The van der Waals surface area contributed by atoms with Crippen molar-refractivity contribution < 1.29 is 0 Å². The molecule has 0 aromatic heterocycles. The summed E-state index contributed by atoms with van der Waals surface area (Å²) in [6.45, 7) is 11.8. The number of rotatable bonds is 1. The Kier molecular flexibility index (Phi) is 3.30. The zero-order valence-corrected chi connectivity index (χ0v) is 10.6. The maximum absolute atomic E-state index is 6.07. The molecular weight excluding hydrogens is 170 g/mol. The van der Waals surface area contributed by atoms with Crippen LogP contribution in [0.25, 0.3) is 0 Å². The molecule has 1 heteroatoms. The summed E-state index contributed by atoms with van der Waals surface area (Å²) in [5.74, 6) is 0.811. The van der Waals surface area contributed by atoms with E-state index in [1.807, 2.05) is 0 Å². The van der Waals surface area contributed by atoms with Crippen LogP contribution in [0, 0.1) is 16.7 Å². The maximum atomic E-state index is 6.07. The third kappa shape index (κ3) is 3.27. The van der Waals surface area contributed by atoms with Crippen molar-refractivity contribution in [2.75, 3.05) is 0 Å². The minimum absolute atomic E-state index is 0.443. The van der Waals surface area contributed by atoms with Crippen LogP contribution in [0.15, 0.2) is 0 Å². The van der Waals surface area contributed by atoms with E-state index in [0.717, 1.165) is 5.92 Å². The van der Waals surface area contributed by atoms with Gasteiger partial charge in [0.2, 0.25) is 0 Å². The summed E-state index contributed by atoms with van der Waals surface area (Å²) in [5.41, 5.74) is 7.01. The Morgan fingerprint density at radius 2 is 1.86 bits per heavy atom. The molecule has 0 saturated heterocycles. The van der Waals surface area contributed by atoms with E-state index in [4.69, 9.17) is 5.73 Å². The molecule has 0 bridgehead atoms. The molecule has 1 saturated carbocycles. The van der Waals surface area contributed by atoms with Gasteiger partial charge in [-0.2, -0.15) is 0 Å². The summed E-state index contributed by atoms with van der Waals surface area (Å²) in [6.07, 6.45) is 5.06. The Balaban J connectivity index is 2.63. The summed E-state index contributed by atoms with van der Waals surface area (Å²) in [4.78, 5) is 0. The first kappa shape index (κ1) is 12.0. The van der Waals surface area contributed by atoms with Crippen LogP contribution in [-0.4, -0.2) is 6.04 Å². The van der Waals surface area contributed by atoms with E-state index in [-0.39, 0.29) is 0 Å². The van der Waals surface area contributed by atoms with Crippen LogP contribution in [0.3, 0.4) is 0 Å². The Hall–Kier alpha value is -0.0400. The third-order valence-corrected chi connectivity index (χ3v) is 3.71. The normalized spacial score (nSPS) is 33.0. The predicted octanol–water partition coefficient (Wildman–Crippen LogP) is 3.58. The van der Waals surface area contributed by atoms with Gasteiger partial charge in [-0.1, -0.05) is 34.6 Å². The largest absolute Gasteiger partial charge is 0.328 e.